The Balaban J connectivity index is 2.08. The fourth-order valence-corrected chi connectivity index (χ4v) is 4.75. The Morgan fingerprint density at radius 3 is 2.64 bits per heavy atom. The van der Waals surface area contributed by atoms with Gasteiger partial charge in [0.05, 0.1) is 11.3 Å². The third-order valence-electron chi connectivity index (χ3n) is 6.02. The molecular weight excluding hydrogens is 320 g/mol. The van der Waals surface area contributed by atoms with Crippen LogP contribution < -0.4 is 0 Å². The minimum absolute atomic E-state index is 0.0524. The van der Waals surface area contributed by atoms with Crippen LogP contribution in [-0.4, -0.2) is 29.9 Å². The van der Waals surface area contributed by atoms with Crippen LogP contribution in [0.3, 0.4) is 0 Å². The topological polar surface area (TPSA) is 69.7 Å². The Kier molecular flexibility index (Phi) is 4.38. The second-order valence-corrected chi connectivity index (χ2v) is 8.05. The van der Waals surface area contributed by atoms with Crippen molar-refractivity contribution in [3.63, 3.8) is 0 Å². The highest BCUT2D eigenvalue weighted by atomic mass is 16.6. The lowest BCUT2D eigenvalue weighted by Crippen LogP contribution is -2.48. The molecule has 1 saturated heterocycles. The number of ketones is 1. The molecule has 3 aliphatic rings. The first kappa shape index (κ1) is 17.9. The normalized spacial score (nSPS) is 39.7. The average Bonchev–Trinajstić information content (AvgIpc) is 2.92. The van der Waals surface area contributed by atoms with Gasteiger partial charge >= 0.3 is 11.9 Å². The van der Waals surface area contributed by atoms with Crippen molar-refractivity contribution in [2.75, 3.05) is 0 Å². The number of rotatable bonds is 2. The van der Waals surface area contributed by atoms with Crippen LogP contribution in [0.1, 0.15) is 47.5 Å². The number of esters is 2. The molecule has 0 N–H and O–H groups in total. The summed E-state index contributed by atoms with van der Waals surface area (Å²) in [6.07, 6.45) is 3.41. The fourth-order valence-electron chi connectivity index (χ4n) is 4.75. The van der Waals surface area contributed by atoms with Gasteiger partial charge in [0.15, 0.2) is 0 Å². The summed E-state index contributed by atoms with van der Waals surface area (Å²) in [5.74, 6) is -1.28. The van der Waals surface area contributed by atoms with Crippen molar-refractivity contribution in [2.45, 2.75) is 59.7 Å². The maximum absolute atomic E-state index is 12.8. The molecule has 5 heteroatoms. The van der Waals surface area contributed by atoms with Crippen LogP contribution in [0.4, 0.5) is 0 Å². The van der Waals surface area contributed by atoms with Crippen molar-refractivity contribution in [3.8, 4) is 0 Å². The molecule has 0 unspecified atom stereocenters. The molecule has 3 rings (SSSR count). The molecule has 5 nitrogen and oxygen atoms in total. The molecular formula is C20H26O5. The zero-order chi connectivity index (χ0) is 18.5. The van der Waals surface area contributed by atoms with E-state index in [2.05, 4.69) is 6.92 Å². The Labute approximate surface area is 148 Å². The number of carbonyl (C=O) groups is 3. The number of Topliss-reactive ketones (excluding diaryl/α,β-unsaturated/α-hetero) is 1. The van der Waals surface area contributed by atoms with Gasteiger partial charge in [-0.05, 0) is 33.1 Å². The van der Waals surface area contributed by atoms with Gasteiger partial charge in [-0.3, -0.25) is 9.59 Å². The highest BCUT2D eigenvalue weighted by Crippen LogP contribution is 2.54. The molecule has 6 atom stereocenters. The largest absolute Gasteiger partial charge is 0.462 e. The van der Waals surface area contributed by atoms with Crippen molar-refractivity contribution < 1.29 is 23.9 Å². The highest BCUT2D eigenvalue weighted by Gasteiger charge is 2.61. The molecule has 0 amide bonds. The molecule has 0 aromatic heterocycles. The summed E-state index contributed by atoms with van der Waals surface area (Å²) in [6, 6.07) is 0. The number of hydrogen-bond acceptors (Lipinski definition) is 5. The lowest BCUT2D eigenvalue weighted by Gasteiger charge is -2.38. The summed E-state index contributed by atoms with van der Waals surface area (Å²) in [5, 5.41) is 0. The molecule has 0 aromatic rings. The van der Waals surface area contributed by atoms with Gasteiger partial charge in [0.2, 0.25) is 0 Å². The van der Waals surface area contributed by atoms with E-state index in [1.165, 1.54) is 6.08 Å². The van der Waals surface area contributed by atoms with E-state index in [9.17, 15) is 14.4 Å². The van der Waals surface area contributed by atoms with E-state index in [1.807, 2.05) is 26.8 Å². The smallest absolute Gasteiger partial charge is 0.331 e. The van der Waals surface area contributed by atoms with E-state index in [-0.39, 0.29) is 29.7 Å². The van der Waals surface area contributed by atoms with Gasteiger partial charge in [0.1, 0.15) is 18.0 Å². The first-order valence-corrected chi connectivity index (χ1v) is 8.96. The number of allylic oxidation sites excluding steroid dienone is 2. The van der Waals surface area contributed by atoms with Gasteiger partial charge in [0, 0.05) is 18.4 Å². The lowest BCUT2D eigenvalue weighted by molar-refractivity contribution is -0.158. The van der Waals surface area contributed by atoms with Gasteiger partial charge in [0.25, 0.3) is 0 Å². The first-order valence-electron chi connectivity index (χ1n) is 8.96. The van der Waals surface area contributed by atoms with Gasteiger partial charge in [-0.1, -0.05) is 31.1 Å². The Bertz CT molecular complexity index is 684. The minimum Gasteiger partial charge on any atom is -0.462 e. The Hall–Kier alpha value is -1.91. The van der Waals surface area contributed by atoms with Gasteiger partial charge in [-0.25, -0.2) is 4.79 Å². The van der Waals surface area contributed by atoms with E-state index in [1.54, 1.807) is 6.92 Å². The quantitative estimate of drug-likeness (QED) is 0.437. The lowest BCUT2D eigenvalue weighted by atomic mass is 9.69. The SMILES string of the molecule is CC(C)=CC(=O)O[C@H]1[C@@H]2[C@H](C)C(=O)O[C@@H]2C[C@@H](C)C2=CCC(=O)[C@]21C. The van der Waals surface area contributed by atoms with Crippen LogP contribution in [-0.2, 0) is 23.9 Å². The molecule has 1 saturated carbocycles. The van der Waals surface area contributed by atoms with E-state index >= 15 is 0 Å². The second-order valence-electron chi connectivity index (χ2n) is 8.05. The molecule has 25 heavy (non-hydrogen) atoms. The number of ether oxygens (including phenoxy) is 2. The molecule has 1 heterocycles. The van der Waals surface area contributed by atoms with Crippen molar-refractivity contribution in [2.24, 2.45) is 23.2 Å². The number of hydrogen-bond donors (Lipinski definition) is 0. The van der Waals surface area contributed by atoms with Crippen LogP contribution in [0.2, 0.25) is 0 Å². The summed E-state index contributed by atoms with van der Waals surface area (Å²) in [4.78, 5) is 37.4. The summed E-state index contributed by atoms with van der Waals surface area (Å²) in [6.45, 7) is 9.35. The molecule has 2 aliphatic carbocycles. The maximum Gasteiger partial charge on any atom is 0.331 e. The zero-order valence-corrected chi connectivity index (χ0v) is 15.5. The number of fused-ring (bicyclic) bond motifs is 2. The van der Waals surface area contributed by atoms with Crippen LogP contribution in [0.15, 0.2) is 23.3 Å². The molecule has 0 radical (unpaired) electrons. The molecule has 136 valence electrons. The fraction of sp³-hybridized carbons (Fsp3) is 0.650. The van der Waals surface area contributed by atoms with Gasteiger partial charge < -0.3 is 9.47 Å². The van der Waals surface area contributed by atoms with Gasteiger partial charge in [-0.2, -0.15) is 0 Å². The van der Waals surface area contributed by atoms with Crippen molar-refractivity contribution in [3.05, 3.63) is 23.3 Å². The molecule has 0 aromatic carbocycles. The van der Waals surface area contributed by atoms with E-state index in [0.717, 1.165) is 11.1 Å². The number of carbonyl (C=O) groups excluding carboxylic acids is 3. The third-order valence-corrected chi connectivity index (χ3v) is 6.02. The van der Waals surface area contributed by atoms with E-state index < -0.39 is 23.4 Å². The molecule has 1 aliphatic heterocycles. The standard InChI is InChI=1S/C20H26O5/c1-10(2)8-16(22)25-18-17-12(4)19(23)24-14(17)9-11(3)13-6-7-15(21)20(13,18)5/h6,8,11-12,14,17-18H,7,9H2,1-5H3/t11-,12+,14-,17-,18+,20+/m1/s1. The Morgan fingerprint density at radius 1 is 1.32 bits per heavy atom. The third kappa shape index (κ3) is 2.74. The highest BCUT2D eigenvalue weighted by molar-refractivity contribution is 5.94. The Morgan fingerprint density at radius 2 is 2.00 bits per heavy atom. The predicted octanol–water partition coefficient (Wildman–Crippen LogP) is 2.99. The summed E-state index contributed by atoms with van der Waals surface area (Å²) >= 11 is 0. The summed E-state index contributed by atoms with van der Waals surface area (Å²) in [5.41, 5.74) is 0.964. The van der Waals surface area contributed by atoms with Crippen LogP contribution in [0.25, 0.3) is 0 Å². The summed E-state index contributed by atoms with van der Waals surface area (Å²) < 4.78 is 11.4. The minimum atomic E-state index is -0.883. The second kappa shape index (κ2) is 6.11. The molecule has 0 spiro atoms. The maximum atomic E-state index is 12.8. The van der Waals surface area contributed by atoms with E-state index in [4.69, 9.17) is 9.47 Å². The van der Waals surface area contributed by atoms with Crippen LogP contribution in [0.5, 0.6) is 0 Å². The van der Waals surface area contributed by atoms with Crippen molar-refractivity contribution in [1.82, 2.24) is 0 Å². The first-order chi connectivity index (χ1) is 11.7. The van der Waals surface area contributed by atoms with Crippen LogP contribution in [0, 0.1) is 23.2 Å². The van der Waals surface area contributed by atoms with Crippen LogP contribution >= 0.6 is 0 Å². The molecule has 0 bridgehead atoms. The monoisotopic (exact) mass is 346 g/mol. The van der Waals surface area contributed by atoms with Crippen molar-refractivity contribution in [1.29, 1.82) is 0 Å². The predicted molar refractivity (Wildman–Crippen MR) is 91.4 cm³/mol. The van der Waals surface area contributed by atoms with E-state index in [0.29, 0.717) is 12.8 Å². The summed E-state index contributed by atoms with van der Waals surface area (Å²) in [7, 11) is 0. The van der Waals surface area contributed by atoms with Gasteiger partial charge in [-0.15, -0.1) is 0 Å². The average molecular weight is 346 g/mol. The zero-order valence-electron chi connectivity index (χ0n) is 15.5. The molecule has 2 fully saturated rings. The van der Waals surface area contributed by atoms with Crippen molar-refractivity contribution >= 4 is 17.7 Å².